The molecule has 3 aliphatic rings. The SMILES string of the molecule is CCCO[C@@H]1CC[C@@H]2CC(C3CCc4cc(OC)ccc4C3)CCC2C1. The first kappa shape index (κ1) is 18.3. The Balaban J connectivity index is 1.33. The maximum absolute atomic E-state index is 6.07. The van der Waals surface area contributed by atoms with E-state index in [9.17, 15) is 0 Å². The van der Waals surface area contributed by atoms with Crippen LogP contribution in [0.15, 0.2) is 18.2 Å². The second kappa shape index (κ2) is 8.33. The van der Waals surface area contributed by atoms with Gasteiger partial charge in [-0.1, -0.05) is 13.0 Å². The number of ether oxygens (including phenoxy) is 2. The van der Waals surface area contributed by atoms with Gasteiger partial charge >= 0.3 is 0 Å². The molecular weight excluding hydrogens is 320 g/mol. The van der Waals surface area contributed by atoms with Gasteiger partial charge in [0.05, 0.1) is 13.2 Å². The van der Waals surface area contributed by atoms with Crippen molar-refractivity contribution in [1.82, 2.24) is 0 Å². The van der Waals surface area contributed by atoms with E-state index in [1.807, 2.05) is 0 Å². The van der Waals surface area contributed by atoms with Gasteiger partial charge in [-0.2, -0.15) is 0 Å². The van der Waals surface area contributed by atoms with Crippen LogP contribution in [-0.4, -0.2) is 19.8 Å². The van der Waals surface area contributed by atoms with Crippen LogP contribution < -0.4 is 4.74 Å². The monoisotopic (exact) mass is 356 g/mol. The van der Waals surface area contributed by atoms with Crippen molar-refractivity contribution < 1.29 is 9.47 Å². The first-order valence-corrected chi connectivity index (χ1v) is 11.0. The zero-order chi connectivity index (χ0) is 17.9. The van der Waals surface area contributed by atoms with Crippen LogP contribution in [0.3, 0.4) is 0 Å². The van der Waals surface area contributed by atoms with Crippen LogP contribution in [0, 0.1) is 23.7 Å². The summed E-state index contributed by atoms with van der Waals surface area (Å²) < 4.78 is 11.5. The third-order valence-corrected chi connectivity index (χ3v) is 7.51. The average Bonchev–Trinajstić information content (AvgIpc) is 2.70. The van der Waals surface area contributed by atoms with Gasteiger partial charge in [0.1, 0.15) is 5.75 Å². The largest absolute Gasteiger partial charge is 0.497 e. The van der Waals surface area contributed by atoms with Gasteiger partial charge in [0.15, 0.2) is 0 Å². The summed E-state index contributed by atoms with van der Waals surface area (Å²) in [6.07, 6.45) is 14.1. The maximum Gasteiger partial charge on any atom is 0.119 e. The predicted octanol–water partition coefficient (Wildman–Crippen LogP) is 5.81. The normalized spacial score (nSPS) is 34.0. The molecule has 0 aromatic heterocycles. The van der Waals surface area contributed by atoms with Gasteiger partial charge in [0.2, 0.25) is 0 Å². The summed E-state index contributed by atoms with van der Waals surface area (Å²) >= 11 is 0. The summed E-state index contributed by atoms with van der Waals surface area (Å²) in [5, 5.41) is 0. The Kier molecular flexibility index (Phi) is 5.88. The van der Waals surface area contributed by atoms with E-state index in [0.717, 1.165) is 42.4 Å². The van der Waals surface area contributed by atoms with Crippen LogP contribution in [0.4, 0.5) is 0 Å². The van der Waals surface area contributed by atoms with Gasteiger partial charge in [-0.3, -0.25) is 0 Å². The van der Waals surface area contributed by atoms with E-state index in [1.165, 1.54) is 63.4 Å². The van der Waals surface area contributed by atoms with E-state index in [-0.39, 0.29) is 0 Å². The highest BCUT2D eigenvalue weighted by Crippen LogP contribution is 2.47. The lowest BCUT2D eigenvalue weighted by molar-refractivity contribution is -0.0236. The van der Waals surface area contributed by atoms with Crippen molar-refractivity contribution in [2.75, 3.05) is 13.7 Å². The first-order valence-electron chi connectivity index (χ1n) is 11.0. The molecule has 0 aliphatic heterocycles. The molecule has 3 unspecified atom stereocenters. The van der Waals surface area contributed by atoms with Crippen molar-refractivity contribution >= 4 is 0 Å². The molecule has 1 aromatic rings. The molecule has 0 bridgehead atoms. The molecule has 1 aromatic carbocycles. The van der Waals surface area contributed by atoms with Gasteiger partial charge in [-0.25, -0.2) is 0 Å². The third kappa shape index (κ3) is 3.96. The molecule has 4 rings (SSSR count). The summed E-state index contributed by atoms with van der Waals surface area (Å²) in [5.41, 5.74) is 3.11. The Hall–Kier alpha value is -1.02. The molecular formula is C24H36O2. The van der Waals surface area contributed by atoms with E-state index < -0.39 is 0 Å². The minimum Gasteiger partial charge on any atom is -0.497 e. The average molecular weight is 357 g/mol. The van der Waals surface area contributed by atoms with Crippen molar-refractivity contribution in [3.8, 4) is 5.75 Å². The molecule has 2 nitrogen and oxygen atoms in total. The number of aryl methyl sites for hydroxylation is 1. The molecule has 0 saturated heterocycles. The van der Waals surface area contributed by atoms with Gasteiger partial charge < -0.3 is 9.47 Å². The molecule has 2 fully saturated rings. The van der Waals surface area contributed by atoms with Gasteiger partial charge in [-0.15, -0.1) is 0 Å². The molecule has 26 heavy (non-hydrogen) atoms. The van der Waals surface area contributed by atoms with E-state index in [1.54, 1.807) is 12.7 Å². The van der Waals surface area contributed by atoms with Crippen LogP contribution in [0.2, 0.25) is 0 Å². The Morgan fingerprint density at radius 3 is 2.46 bits per heavy atom. The Bertz CT molecular complexity index is 596. The van der Waals surface area contributed by atoms with Crippen molar-refractivity contribution in [2.45, 2.75) is 77.2 Å². The molecule has 0 heterocycles. The zero-order valence-corrected chi connectivity index (χ0v) is 16.7. The minimum absolute atomic E-state index is 0.560. The molecule has 144 valence electrons. The number of benzene rings is 1. The van der Waals surface area contributed by atoms with Gasteiger partial charge in [0.25, 0.3) is 0 Å². The van der Waals surface area contributed by atoms with Crippen LogP contribution in [0.25, 0.3) is 0 Å². The van der Waals surface area contributed by atoms with E-state index in [4.69, 9.17) is 9.47 Å². The quantitative estimate of drug-likeness (QED) is 0.662. The van der Waals surface area contributed by atoms with Crippen LogP contribution in [0.1, 0.15) is 69.4 Å². The number of fused-ring (bicyclic) bond motifs is 2. The van der Waals surface area contributed by atoms with Crippen LogP contribution >= 0.6 is 0 Å². The molecule has 2 heteroatoms. The third-order valence-electron chi connectivity index (χ3n) is 7.51. The molecule has 2 saturated carbocycles. The fourth-order valence-corrected chi connectivity index (χ4v) is 6.04. The second-order valence-corrected chi connectivity index (χ2v) is 9.04. The van der Waals surface area contributed by atoms with E-state index in [0.29, 0.717) is 6.10 Å². The van der Waals surface area contributed by atoms with Crippen molar-refractivity contribution in [2.24, 2.45) is 23.7 Å². The minimum atomic E-state index is 0.560. The van der Waals surface area contributed by atoms with Gasteiger partial charge in [0, 0.05) is 6.61 Å². The van der Waals surface area contributed by atoms with Crippen molar-refractivity contribution in [1.29, 1.82) is 0 Å². The number of rotatable bonds is 5. The smallest absolute Gasteiger partial charge is 0.119 e. The zero-order valence-electron chi connectivity index (χ0n) is 16.7. The fraction of sp³-hybridized carbons (Fsp3) is 0.750. The van der Waals surface area contributed by atoms with E-state index in [2.05, 4.69) is 25.1 Å². The Morgan fingerprint density at radius 1 is 0.885 bits per heavy atom. The summed E-state index contributed by atoms with van der Waals surface area (Å²) in [4.78, 5) is 0. The van der Waals surface area contributed by atoms with Crippen molar-refractivity contribution in [3.05, 3.63) is 29.3 Å². The first-order chi connectivity index (χ1) is 12.8. The molecule has 0 amide bonds. The topological polar surface area (TPSA) is 18.5 Å². The second-order valence-electron chi connectivity index (χ2n) is 9.04. The number of hydrogen-bond acceptors (Lipinski definition) is 2. The number of hydrogen-bond donors (Lipinski definition) is 0. The van der Waals surface area contributed by atoms with Crippen molar-refractivity contribution in [3.63, 3.8) is 0 Å². The molecule has 0 spiro atoms. The summed E-state index contributed by atoms with van der Waals surface area (Å²) in [6, 6.07) is 6.73. The van der Waals surface area contributed by atoms with Gasteiger partial charge in [-0.05, 0) is 111 Å². The lowest BCUT2D eigenvalue weighted by atomic mass is 9.62. The lowest BCUT2D eigenvalue weighted by Gasteiger charge is -2.45. The van der Waals surface area contributed by atoms with E-state index >= 15 is 0 Å². The van der Waals surface area contributed by atoms with Crippen LogP contribution in [0.5, 0.6) is 5.75 Å². The Morgan fingerprint density at radius 2 is 1.65 bits per heavy atom. The fourth-order valence-electron chi connectivity index (χ4n) is 6.04. The Labute approximate surface area is 159 Å². The maximum atomic E-state index is 6.07. The van der Waals surface area contributed by atoms with Crippen LogP contribution in [-0.2, 0) is 17.6 Å². The standard InChI is InChI=1S/C24H36O2/c1-3-12-26-24-11-9-20-14-18(5-7-22(20)16-24)17-4-6-21-15-23(25-2)10-8-19(21)13-17/h8,10,15,17-18,20,22,24H,3-7,9,11-14,16H2,1-2H3/t17?,18?,20-,22?,24-/m1/s1. The molecule has 3 aliphatic carbocycles. The predicted molar refractivity (Wildman–Crippen MR) is 107 cm³/mol. The molecule has 0 radical (unpaired) electrons. The summed E-state index contributed by atoms with van der Waals surface area (Å²) in [5.74, 6) is 4.81. The summed E-state index contributed by atoms with van der Waals surface area (Å²) in [7, 11) is 1.77. The lowest BCUT2D eigenvalue weighted by Crippen LogP contribution is -2.37. The molecule has 5 atom stereocenters. The summed E-state index contributed by atoms with van der Waals surface area (Å²) in [6.45, 7) is 3.17. The highest BCUT2D eigenvalue weighted by molar-refractivity contribution is 5.37. The molecule has 0 N–H and O–H groups in total. The highest BCUT2D eigenvalue weighted by atomic mass is 16.5. The highest BCUT2D eigenvalue weighted by Gasteiger charge is 2.38. The number of methoxy groups -OCH3 is 1.